The summed E-state index contributed by atoms with van der Waals surface area (Å²) in [5.74, 6) is 0.920. The number of likely N-dealkylation sites (tertiary alicyclic amines) is 1. The molecule has 1 aromatic carbocycles. The van der Waals surface area contributed by atoms with Crippen LogP contribution in [0.25, 0.3) is 0 Å². The fourth-order valence-electron chi connectivity index (χ4n) is 4.21. The van der Waals surface area contributed by atoms with Crippen molar-refractivity contribution in [3.63, 3.8) is 0 Å². The lowest BCUT2D eigenvalue weighted by Gasteiger charge is -2.48. The average Bonchev–Trinajstić information content (AvgIpc) is 2.69. The van der Waals surface area contributed by atoms with Crippen molar-refractivity contribution < 1.29 is 14.3 Å². The fourth-order valence-corrected chi connectivity index (χ4v) is 4.21. The van der Waals surface area contributed by atoms with E-state index < -0.39 is 0 Å². The van der Waals surface area contributed by atoms with Gasteiger partial charge in [0, 0.05) is 25.3 Å². The van der Waals surface area contributed by atoms with Gasteiger partial charge in [0.1, 0.15) is 5.75 Å². The van der Waals surface area contributed by atoms with Crippen molar-refractivity contribution in [2.75, 3.05) is 40.0 Å². The molecule has 1 N–H and O–H groups in total. The highest BCUT2D eigenvalue weighted by molar-refractivity contribution is 5.78. The second-order valence-electron chi connectivity index (χ2n) is 7.64. The van der Waals surface area contributed by atoms with Crippen LogP contribution < -0.4 is 10.1 Å². The van der Waals surface area contributed by atoms with Crippen molar-refractivity contribution in [3.05, 3.63) is 29.3 Å². The summed E-state index contributed by atoms with van der Waals surface area (Å²) in [6, 6.07) is 5.98. The molecule has 2 fully saturated rings. The van der Waals surface area contributed by atoms with Crippen molar-refractivity contribution in [1.29, 1.82) is 0 Å². The van der Waals surface area contributed by atoms with Gasteiger partial charge in [0.25, 0.3) is 0 Å². The van der Waals surface area contributed by atoms with E-state index in [0.717, 1.165) is 62.6 Å². The zero-order chi connectivity index (χ0) is 18.4. The number of amides is 1. The van der Waals surface area contributed by atoms with Crippen molar-refractivity contribution in [2.24, 2.45) is 0 Å². The lowest BCUT2D eigenvalue weighted by Crippen LogP contribution is -2.59. The number of carbonyl (C=O) groups excluding carboxylic acids is 1. The normalized spacial score (nSPS) is 20.5. The largest absolute Gasteiger partial charge is 0.496 e. The molecule has 144 valence electrons. The van der Waals surface area contributed by atoms with E-state index in [4.69, 9.17) is 9.47 Å². The molecule has 26 heavy (non-hydrogen) atoms. The Morgan fingerprint density at radius 3 is 2.65 bits per heavy atom. The molecule has 3 rings (SSSR count). The average molecular weight is 360 g/mol. The van der Waals surface area contributed by atoms with E-state index in [-0.39, 0.29) is 11.4 Å². The van der Waals surface area contributed by atoms with Crippen LogP contribution in [0.2, 0.25) is 0 Å². The highest BCUT2D eigenvalue weighted by Crippen LogP contribution is 2.30. The third-order valence-electron chi connectivity index (χ3n) is 5.90. The van der Waals surface area contributed by atoms with E-state index in [9.17, 15) is 4.79 Å². The summed E-state index contributed by atoms with van der Waals surface area (Å²) in [5, 5.41) is 3.21. The number of hydrogen-bond donors (Lipinski definition) is 1. The van der Waals surface area contributed by atoms with E-state index >= 15 is 0 Å². The monoisotopic (exact) mass is 360 g/mol. The second-order valence-corrected chi connectivity index (χ2v) is 7.64. The van der Waals surface area contributed by atoms with Crippen molar-refractivity contribution in [2.45, 2.75) is 51.0 Å². The van der Waals surface area contributed by atoms with Crippen LogP contribution >= 0.6 is 0 Å². The predicted octanol–water partition coefficient (Wildman–Crippen LogP) is 2.70. The smallest absolute Gasteiger partial charge is 0.224 e. The first-order chi connectivity index (χ1) is 12.6. The molecule has 0 bridgehead atoms. The fraction of sp³-hybridized carbons (Fsp3) is 0.667. The molecule has 5 nitrogen and oxygen atoms in total. The lowest BCUT2D eigenvalue weighted by atomic mass is 9.86. The number of aryl methyl sites for hydroxylation is 1. The van der Waals surface area contributed by atoms with Crippen LogP contribution in [0.5, 0.6) is 5.75 Å². The summed E-state index contributed by atoms with van der Waals surface area (Å²) < 4.78 is 11.0. The second kappa shape index (κ2) is 8.87. The summed E-state index contributed by atoms with van der Waals surface area (Å²) in [6.07, 6.45) is 6.25. The zero-order valence-electron chi connectivity index (χ0n) is 16.2. The topological polar surface area (TPSA) is 50.8 Å². The van der Waals surface area contributed by atoms with E-state index in [0.29, 0.717) is 6.42 Å². The van der Waals surface area contributed by atoms with Crippen LogP contribution in [0.4, 0.5) is 0 Å². The van der Waals surface area contributed by atoms with Crippen LogP contribution in [0.1, 0.15) is 43.2 Å². The van der Waals surface area contributed by atoms with Gasteiger partial charge in [-0.25, -0.2) is 0 Å². The molecule has 0 atom stereocenters. The summed E-state index contributed by atoms with van der Waals surface area (Å²) >= 11 is 0. The Kier molecular flexibility index (Phi) is 6.54. The Balaban J connectivity index is 1.60. The summed E-state index contributed by atoms with van der Waals surface area (Å²) in [7, 11) is 1.67. The highest BCUT2D eigenvalue weighted by atomic mass is 16.5. The van der Waals surface area contributed by atoms with Crippen molar-refractivity contribution in [1.82, 2.24) is 10.2 Å². The summed E-state index contributed by atoms with van der Waals surface area (Å²) in [4.78, 5) is 15.2. The first-order valence-electron chi connectivity index (χ1n) is 9.86. The van der Waals surface area contributed by atoms with Gasteiger partial charge in [-0.1, -0.05) is 18.6 Å². The molecule has 2 heterocycles. The van der Waals surface area contributed by atoms with Gasteiger partial charge in [-0.05, 0) is 62.9 Å². The van der Waals surface area contributed by atoms with E-state index in [1.807, 2.05) is 25.1 Å². The first-order valence-corrected chi connectivity index (χ1v) is 9.86. The summed E-state index contributed by atoms with van der Waals surface area (Å²) in [5.41, 5.74) is 2.14. The van der Waals surface area contributed by atoms with Gasteiger partial charge in [0.05, 0.1) is 13.5 Å². The van der Waals surface area contributed by atoms with Gasteiger partial charge in [0.15, 0.2) is 0 Å². The van der Waals surface area contributed by atoms with Gasteiger partial charge in [-0.2, -0.15) is 0 Å². The zero-order valence-corrected chi connectivity index (χ0v) is 16.2. The minimum atomic E-state index is 0.0687. The van der Waals surface area contributed by atoms with Gasteiger partial charge in [0.2, 0.25) is 5.91 Å². The standard InChI is InChI=1S/C21H32N2O3/c1-17-6-7-18(14-19(17)25-2)15-20(24)22-16-21(8-12-26-13-9-21)23-10-4-3-5-11-23/h6-7,14H,3-5,8-13,15-16H2,1-2H3,(H,22,24). The number of nitrogens with one attached hydrogen (secondary N) is 1. The molecule has 0 aromatic heterocycles. The first kappa shape index (κ1) is 19.2. The molecular weight excluding hydrogens is 328 g/mol. The number of piperidine rings is 1. The number of nitrogens with zero attached hydrogens (tertiary/aromatic N) is 1. The van der Waals surface area contributed by atoms with E-state index in [2.05, 4.69) is 10.2 Å². The maximum absolute atomic E-state index is 12.6. The van der Waals surface area contributed by atoms with Crippen LogP contribution in [0.15, 0.2) is 18.2 Å². The Labute approximate surface area is 157 Å². The van der Waals surface area contributed by atoms with Gasteiger partial charge in [-0.15, -0.1) is 0 Å². The molecule has 1 amide bonds. The molecule has 0 spiro atoms. The van der Waals surface area contributed by atoms with Crippen molar-refractivity contribution in [3.8, 4) is 5.75 Å². The van der Waals surface area contributed by atoms with Crippen LogP contribution in [-0.2, 0) is 16.0 Å². The quantitative estimate of drug-likeness (QED) is 0.847. The Bertz CT molecular complexity index is 605. The minimum absolute atomic E-state index is 0.0687. The van der Waals surface area contributed by atoms with Crippen LogP contribution in [-0.4, -0.2) is 56.3 Å². The van der Waals surface area contributed by atoms with Crippen molar-refractivity contribution >= 4 is 5.91 Å². The number of rotatable bonds is 6. The number of hydrogen-bond acceptors (Lipinski definition) is 4. The Morgan fingerprint density at radius 2 is 1.96 bits per heavy atom. The van der Waals surface area contributed by atoms with Gasteiger partial charge >= 0.3 is 0 Å². The lowest BCUT2D eigenvalue weighted by molar-refractivity contribution is -0.122. The van der Waals surface area contributed by atoms with E-state index in [1.165, 1.54) is 19.3 Å². The molecule has 0 radical (unpaired) electrons. The Morgan fingerprint density at radius 1 is 1.23 bits per heavy atom. The van der Waals surface area contributed by atoms with Gasteiger partial charge < -0.3 is 14.8 Å². The third-order valence-corrected chi connectivity index (χ3v) is 5.90. The molecular formula is C21H32N2O3. The highest BCUT2D eigenvalue weighted by Gasteiger charge is 2.39. The molecule has 2 aliphatic heterocycles. The number of methoxy groups -OCH3 is 1. The molecule has 0 saturated carbocycles. The number of benzene rings is 1. The minimum Gasteiger partial charge on any atom is -0.496 e. The molecule has 0 aliphatic carbocycles. The Hall–Kier alpha value is -1.59. The van der Waals surface area contributed by atoms with E-state index in [1.54, 1.807) is 7.11 Å². The summed E-state index contributed by atoms with van der Waals surface area (Å²) in [6.45, 7) is 6.60. The molecule has 2 aliphatic rings. The molecule has 2 saturated heterocycles. The SMILES string of the molecule is COc1cc(CC(=O)NCC2(N3CCCCC3)CCOCC2)ccc1C. The maximum Gasteiger partial charge on any atom is 0.224 e. The van der Waals surface area contributed by atoms with Crippen LogP contribution in [0, 0.1) is 6.92 Å². The maximum atomic E-state index is 12.6. The molecule has 1 aromatic rings. The number of carbonyl (C=O) groups is 1. The predicted molar refractivity (Wildman–Crippen MR) is 103 cm³/mol. The molecule has 0 unspecified atom stereocenters. The van der Waals surface area contributed by atoms with Gasteiger partial charge in [-0.3, -0.25) is 9.69 Å². The third kappa shape index (κ3) is 4.57. The van der Waals surface area contributed by atoms with Crippen LogP contribution in [0.3, 0.4) is 0 Å². The number of ether oxygens (including phenoxy) is 2. The molecule has 5 heteroatoms.